The van der Waals surface area contributed by atoms with Crippen LogP contribution in [0, 0.1) is 0 Å². The van der Waals surface area contributed by atoms with Gasteiger partial charge in [-0.3, -0.25) is 9.59 Å². The molecule has 0 spiro atoms. The average Bonchev–Trinajstić information content (AvgIpc) is 2.73. The maximum Gasteiger partial charge on any atom is 0.272 e. The van der Waals surface area contributed by atoms with Gasteiger partial charge in [0.1, 0.15) is 5.69 Å². The molecule has 2 aromatic rings. The standard InChI is InChI=1S/C19H22N4O4/c1-26-17-6-4-14(11-18(17)27-2)21-15-3-5-16(20-12-15)19(25)23-9-7-22(13-24)8-10-23/h3-6,11-13,21H,7-10H2,1-2H3. The van der Waals surface area contributed by atoms with E-state index in [2.05, 4.69) is 10.3 Å². The van der Waals surface area contributed by atoms with Gasteiger partial charge in [-0.05, 0) is 24.3 Å². The van der Waals surface area contributed by atoms with Crippen LogP contribution in [-0.4, -0.2) is 67.5 Å². The van der Waals surface area contributed by atoms with Gasteiger partial charge in [0.25, 0.3) is 5.91 Å². The summed E-state index contributed by atoms with van der Waals surface area (Å²) < 4.78 is 10.5. The number of methoxy groups -OCH3 is 2. The predicted octanol–water partition coefficient (Wildman–Crippen LogP) is 1.76. The molecule has 1 N–H and O–H groups in total. The molecule has 0 radical (unpaired) electrons. The summed E-state index contributed by atoms with van der Waals surface area (Å²) in [4.78, 5) is 30.9. The van der Waals surface area contributed by atoms with E-state index in [1.165, 1.54) is 0 Å². The highest BCUT2D eigenvalue weighted by Gasteiger charge is 2.22. The number of aromatic nitrogens is 1. The lowest BCUT2D eigenvalue weighted by Crippen LogP contribution is -2.48. The Kier molecular flexibility index (Phi) is 5.75. The summed E-state index contributed by atoms with van der Waals surface area (Å²) in [5.74, 6) is 1.15. The molecule has 0 bridgehead atoms. The monoisotopic (exact) mass is 370 g/mol. The summed E-state index contributed by atoms with van der Waals surface area (Å²) in [6.07, 6.45) is 2.43. The number of carbonyl (C=O) groups excluding carboxylic acids is 2. The highest BCUT2D eigenvalue weighted by molar-refractivity contribution is 5.92. The van der Waals surface area contributed by atoms with Crippen LogP contribution in [-0.2, 0) is 4.79 Å². The highest BCUT2D eigenvalue weighted by atomic mass is 16.5. The van der Waals surface area contributed by atoms with Gasteiger partial charge in [-0.1, -0.05) is 0 Å². The van der Waals surface area contributed by atoms with Crippen molar-refractivity contribution < 1.29 is 19.1 Å². The molecule has 0 unspecified atom stereocenters. The zero-order valence-electron chi connectivity index (χ0n) is 15.3. The van der Waals surface area contributed by atoms with Gasteiger partial charge in [-0.2, -0.15) is 0 Å². The van der Waals surface area contributed by atoms with E-state index < -0.39 is 0 Å². The average molecular weight is 370 g/mol. The topological polar surface area (TPSA) is 84.0 Å². The lowest BCUT2D eigenvalue weighted by Gasteiger charge is -2.32. The number of anilines is 2. The van der Waals surface area contributed by atoms with Crippen LogP contribution >= 0.6 is 0 Å². The minimum atomic E-state index is -0.127. The minimum Gasteiger partial charge on any atom is -0.493 e. The second-order valence-corrected chi connectivity index (χ2v) is 6.06. The fourth-order valence-electron chi connectivity index (χ4n) is 2.87. The van der Waals surface area contributed by atoms with Crippen molar-refractivity contribution in [1.29, 1.82) is 0 Å². The second kappa shape index (κ2) is 8.39. The predicted molar refractivity (Wildman–Crippen MR) is 101 cm³/mol. The van der Waals surface area contributed by atoms with E-state index in [0.29, 0.717) is 43.4 Å². The van der Waals surface area contributed by atoms with E-state index in [0.717, 1.165) is 17.8 Å². The molecule has 1 aliphatic rings. The Labute approximate surface area is 157 Å². The third-order valence-corrected chi connectivity index (χ3v) is 4.41. The lowest BCUT2D eigenvalue weighted by molar-refractivity contribution is -0.119. The van der Waals surface area contributed by atoms with Crippen molar-refractivity contribution in [3.8, 4) is 11.5 Å². The zero-order chi connectivity index (χ0) is 19.2. The number of hydrogen-bond donors (Lipinski definition) is 1. The van der Waals surface area contributed by atoms with E-state index in [4.69, 9.17) is 9.47 Å². The van der Waals surface area contributed by atoms with Crippen molar-refractivity contribution >= 4 is 23.7 Å². The number of rotatable bonds is 6. The number of hydrogen-bond acceptors (Lipinski definition) is 6. The number of nitrogens with one attached hydrogen (secondary N) is 1. The van der Waals surface area contributed by atoms with Crippen LogP contribution in [0.2, 0.25) is 0 Å². The Hall–Kier alpha value is -3.29. The molecule has 0 atom stereocenters. The molecule has 0 saturated carbocycles. The Balaban J connectivity index is 1.65. The van der Waals surface area contributed by atoms with Crippen molar-refractivity contribution in [2.75, 3.05) is 45.7 Å². The van der Waals surface area contributed by atoms with Crippen LogP contribution in [0.1, 0.15) is 10.5 Å². The summed E-state index contributed by atoms with van der Waals surface area (Å²) in [5.41, 5.74) is 1.95. The first kappa shape index (κ1) is 18.5. The Morgan fingerprint density at radius 1 is 1.04 bits per heavy atom. The number of nitrogens with zero attached hydrogens (tertiary/aromatic N) is 3. The molecule has 27 heavy (non-hydrogen) atoms. The lowest BCUT2D eigenvalue weighted by atomic mass is 10.2. The second-order valence-electron chi connectivity index (χ2n) is 6.06. The van der Waals surface area contributed by atoms with Crippen LogP contribution in [0.25, 0.3) is 0 Å². The van der Waals surface area contributed by atoms with Crippen LogP contribution in [0.5, 0.6) is 11.5 Å². The largest absolute Gasteiger partial charge is 0.493 e. The molecular formula is C19H22N4O4. The molecule has 8 nitrogen and oxygen atoms in total. The Morgan fingerprint density at radius 2 is 1.74 bits per heavy atom. The minimum absolute atomic E-state index is 0.127. The van der Waals surface area contributed by atoms with Crippen molar-refractivity contribution in [2.45, 2.75) is 0 Å². The third kappa shape index (κ3) is 4.28. The van der Waals surface area contributed by atoms with Gasteiger partial charge in [-0.25, -0.2) is 4.98 Å². The van der Waals surface area contributed by atoms with Crippen molar-refractivity contribution in [1.82, 2.24) is 14.8 Å². The molecule has 1 fully saturated rings. The Morgan fingerprint density at radius 3 is 2.33 bits per heavy atom. The number of piperazine rings is 1. The fourth-order valence-corrected chi connectivity index (χ4v) is 2.87. The number of pyridine rings is 1. The summed E-state index contributed by atoms with van der Waals surface area (Å²) >= 11 is 0. The van der Waals surface area contributed by atoms with Crippen molar-refractivity contribution in [3.05, 3.63) is 42.2 Å². The van der Waals surface area contributed by atoms with Gasteiger partial charge in [0, 0.05) is 37.9 Å². The normalized spacial score (nSPS) is 13.9. The molecule has 1 saturated heterocycles. The maximum atomic E-state index is 12.5. The van der Waals surface area contributed by atoms with E-state index in [1.807, 2.05) is 18.2 Å². The molecule has 2 heterocycles. The van der Waals surface area contributed by atoms with E-state index in [-0.39, 0.29) is 5.91 Å². The zero-order valence-corrected chi connectivity index (χ0v) is 15.3. The summed E-state index contributed by atoms with van der Waals surface area (Å²) in [6.45, 7) is 2.14. The smallest absolute Gasteiger partial charge is 0.272 e. The van der Waals surface area contributed by atoms with Gasteiger partial charge in [-0.15, -0.1) is 0 Å². The summed E-state index contributed by atoms with van der Waals surface area (Å²) in [5, 5.41) is 3.22. The van der Waals surface area contributed by atoms with Crippen molar-refractivity contribution in [2.24, 2.45) is 0 Å². The molecule has 1 aromatic heterocycles. The summed E-state index contributed by atoms with van der Waals surface area (Å²) in [6, 6.07) is 9.00. The van der Waals surface area contributed by atoms with E-state index in [9.17, 15) is 9.59 Å². The van der Waals surface area contributed by atoms with E-state index in [1.54, 1.807) is 42.3 Å². The molecule has 142 valence electrons. The maximum absolute atomic E-state index is 12.5. The van der Waals surface area contributed by atoms with Crippen LogP contribution in [0.4, 0.5) is 11.4 Å². The van der Waals surface area contributed by atoms with Gasteiger partial charge in [0.05, 0.1) is 26.1 Å². The van der Waals surface area contributed by atoms with Gasteiger partial charge >= 0.3 is 0 Å². The van der Waals surface area contributed by atoms with E-state index >= 15 is 0 Å². The number of ether oxygens (including phenoxy) is 2. The Bertz CT molecular complexity index is 802. The summed E-state index contributed by atoms with van der Waals surface area (Å²) in [7, 11) is 3.17. The SMILES string of the molecule is COc1ccc(Nc2ccc(C(=O)N3CCN(C=O)CC3)nc2)cc1OC. The quantitative estimate of drug-likeness (QED) is 0.780. The van der Waals surface area contributed by atoms with Crippen molar-refractivity contribution in [3.63, 3.8) is 0 Å². The van der Waals surface area contributed by atoms with Gasteiger partial charge < -0.3 is 24.6 Å². The molecular weight excluding hydrogens is 348 g/mol. The molecule has 1 aliphatic heterocycles. The van der Waals surface area contributed by atoms with Crippen LogP contribution < -0.4 is 14.8 Å². The first-order valence-electron chi connectivity index (χ1n) is 8.58. The molecule has 2 amide bonds. The highest BCUT2D eigenvalue weighted by Crippen LogP contribution is 2.31. The first-order valence-corrected chi connectivity index (χ1v) is 8.58. The van der Waals surface area contributed by atoms with Gasteiger partial charge in [0.15, 0.2) is 11.5 Å². The van der Waals surface area contributed by atoms with Crippen LogP contribution in [0.3, 0.4) is 0 Å². The molecule has 0 aliphatic carbocycles. The van der Waals surface area contributed by atoms with Crippen LogP contribution in [0.15, 0.2) is 36.5 Å². The molecule has 3 rings (SSSR count). The molecule has 8 heteroatoms. The molecule has 1 aromatic carbocycles. The number of amides is 2. The number of carbonyl (C=O) groups is 2. The number of benzene rings is 1. The first-order chi connectivity index (χ1) is 13.1. The fraction of sp³-hybridized carbons (Fsp3) is 0.316. The van der Waals surface area contributed by atoms with Gasteiger partial charge in [0.2, 0.25) is 6.41 Å². The third-order valence-electron chi connectivity index (χ3n) is 4.41.